The minimum absolute atomic E-state index is 0.0789. The smallest absolute Gasteiger partial charge is 0.258 e. The highest BCUT2D eigenvalue weighted by Crippen LogP contribution is 2.33. The molecule has 0 N–H and O–H groups in total. The Balaban J connectivity index is 1.76. The molecule has 0 spiro atoms. The summed E-state index contributed by atoms with van der Waals surface area (Å²) in [6, 6.07) is 1.80. The first-order chi connectivity index (χ1) is 11.4. The van der Waals surface area contributed by atoms with Gasteiger partial charge in [0.2, 0.25) is 5.91 Å². The SMILES string of the molecule is COc1cc(C)c(Cl)c(C)c1C(=O)N1CCN(C(=O)C2CC2)CC1. The van der Waals surface area contributed by atoms with Gasteiger partial charge >= 0.3 is 0 Å². The third-order valence-electron chi connectivity index (χ3n) is 4.88. The molecule has 2 fully saturated rings. The number of carbonyl (C=O) groups is 2. The second kappa shape index (κ2) is 6.63. The minimum Gasteiger partial charge on any atom is -0.496 e. The van der Waals surface area contributed by atoms with Crippen LogP contribution < -0.4 is 4.74 Å². The minimum atomic E-state index is -0.0789. The fraction of sp³-hybridized carbons (Fsp3) is 0.556. The van der Waals surface area contributed by atoms with Crippen LogP contribution in [-0.2, 0) is 4.79 Å². The van der Waals surface area contributed by atoms with Gasteiger partial charge in [-0.15, -0.1) is 0 Å². The van der Waals surface area contributed by atoms with Crippen molar-refractivity contribution in [2.24, 2.45) is 5.92 Å². The van der Waals surface area contributed by atoms with Crippen molar-refractivity contribution < 1.29 is 14.3 Å². The highest BCUT2D eigenvalue weighted by Gasteiger charge is 2.35. The van der Waals surface area contributed by atoms with Gasteiger partial charge in [-0.05, 0) is 43.9 Å². The Hall–Kier alpha value is -1.75. The number of methoxy groups -OCH3 is 1. The van der Waals surface area contributed by atoms with E-state index in [0.29, 0.717) is 42.5 Å². The molecule has 1 aromatic rings. The number of aryl methyl sites for hydroxylation is 1. The zero-order valence-corrected chi connectivity index (χ0v) is 15.2. The molecule has 1 aromatic carbocycles. The van der Waals surface area contributed by atoms with Gasteiger partial charge in [-0.3, -0.25) is 9.59 Å². The Kier molecular flexibility index (Phi) is 4.72. The molecule has 2 aliphatic rings. The lowest BCUT2D eigenvalue weighted by atomic mass is 10.0. The number of rotatable bonds is 3. The third kappa shape index (κ3) is 3.09. The maximum Gasteiger partial charge on any atom is 0.258 e. The Labute approximate surface area is 147 Å². The second-order valence-corrected chi connectivity index (χ2v) is 6.98. The van der Waals surface area contributed by atoms with Gasteiger partial charge in [0.1, 0.15) is 5.75 Å². The molecular formula is C18H23ClN2O3. The van der Waals surface area contributed by atoms with Gasteiger partial charge in [0.25, 0.3) is 5.91 Å². The Bertz CT molecular complexity index is 677. The normalized spacial score (nSPS) is 17.8. The van der Waals surface area contributed by atoms with E-state index in [-0.39, 0.29) is 17.7 Å². The molecule has 1 heterocycles. The summed E-state index contributed by atoms with van der Waals surface area (Å²) < 4.78 is 5.40. The van der Waals surface area contributed by atoms with Gasteiger partial charge in [-0.25, -0.2) is 0 Å². The van der Waals surface area contributed by atoms with Crippen molar-refractivity contribution in [3.63, 3.8) is 0 Å². The number of hydrogen-bond donors (Lipinski definition) is 0. The molecule has 0 atom stereocenters. The number of hydrogen-bond acceptors (Lipinski definition) is 3. The molecule has 1 saturated carbocycles. The van der Waals surface area contributed by atoms with E-state index in [1.54, 1.807) is 18.1 Å². The van der Waals surface area contributed by atoms with E-state index in [0.717, 1.165) is 24.0 Å². The first-order valence-corrected chi connectivity index (χ1v) is 8.73. The van der Waals surface area contributed by atoms with Crippen LogP contribution in [0.3, 0.4) is 0 Å². The summed E-state index contributed by atoms with van der Waals surface area (Å²) in [6.45, 7) is 6.03. The van der Waals surface area contributed by atoms with Crippen LogP contribution in [0, 0.1) is 19.8 Å². The molecule has 5 nitrogen and oxygen atoms in total. The van der Waals surface area contributed by atoms with Gasteiger partial charge < -0.3 is 14.5 Å². The van der Waals surface area contributed by atoms with Crippen molar-refractivity contribution in [3.8, 4) is 5.75 Å². The lowest BCUT2D eigenvalue weighted by molar-refractivity contribution is -0.134. The maximum atomic E-state index is 13.0. The average molecular weight is 351 g/mol. The number of halogens is 1. The molecule has 6 heteroatoms. The Morgan fingerprint density at radius 1 is 1.12 bits per heavy atom. The quantitative estimate of drug-likeness (QED) is 0.842. The molecular weight excluding hydrogens is 328 g/mol. The molecule has 1 saturated heterocycles. The molecule has 3 rings (SSSR count). The lowest BCUT2D eigenvalue weighted by Gasteiger charge is -2.35. The van der Waals surface area contributed by atoms with Crippen LogP contribution in [0.1, 0.15) is 34.3 Å². The summed E-state index contributed by atoms with van der Waals surface area (Å²) in [6.07, 6.45) is 2.02. The van der Waals surface area contributed by atoms with Crippen molar-refractivity contribution in [1.82, 2.24) is 9.80 Å². The standard InChI is InChI=1S/C18H23ClN2O3/c1-11-10-14(24-3)15(12(2)16(11)19)18(23)21-8-6-20(7-9-21)17(22)13-4-5-13/h10,13H,4-9H2,1-3H3. The van der Waals surface area contributed by atoms with Gasteiger partial charge in [-0.2, -0.15) is 0 Å². The van der Waals surface area contributed by atoms with E-state index in [4.69, 9.17) is 16.3 Å². The van der Waals surface area contributed by atoms with Crippen LogP contribution in [0.2, 0.25) is 5.02 Å². The zero-order valence-electron chi connectivity index (χ0n) is 14.4. The van der Waals surface area contributed by atoms with Crippen LogP contribution in [-0.4, -0.2) is 54.9 Å². The Morgan fingerprint density at radius 3 is 2.25 bits per heavy atom. The van der Waals surface area contributed by atoms with E-state index >= 15 is 0 Å². The number of benzene rings is 1. The van der Waals surface area contributed by atoms with E-state index in [2.05, 4.69) is 0 Å². The first kappa shape index (κ1) is 17.1. The molecule has 0 radical (unpaired) electrons. The summed E-state index contributed by atoms with van der Waals surface area (Å²) >= 11 is 6.32. The van der Waals surface area contributed by atoms with Gasteiger partial charge in [-0.1, -0.05) is 11.6 Å². The van der Waals surface area contributed by atoms with Crippen molar-refractivity contribution in [2.45, 2.75) is 26.7 Å². The fourth-order valence-electron chi connectivity index (χ4n) is 3.23. The van der Waals surface area contributed by atoms with Gasteiger partial charge in [0.05, 0.1) is 12.7 Å². The number of amides is 2. The lowest BCUT2D eigenvalue weighted by Crippen LogP contribution is -2.51. The number of piperazine rings is 1. The molecule has 130 valence electrons. The molecule has 24 heavy (non-hydrogen) atoms. The summed E-state index contributed by atoms with van der Waals surface area (Å²) in [5.41, 5.74) is 2.16. The third-order valence-corrected chi connectivity index (χ3v) is 5.46. The van der Waals surface area contributed by atoms with Crippen molar-refractivity contribution in [1.29, 1.82) is 0 Å². The molecule has 0 aromatic heterocycles. The molecule has 2 amide bonds. The highest BCUT2D eigenvalue weighted by molar-refractivity contribution is 6.32. The second-order valence-electron chi connectivity index (χ2n) is 6.60. The maximum absolute atomic E-state index is 13.0. The van der Waals surface area contributed by atoms with E-state index in [1.807, 2.05) is 18.7 Å². The topological polar surface area (TPSA) is 49.9 Å². The summed E-state index contributed by atoms with van der Waals surface area (Å²) in [5.74, 6) is 0.945. The van der Waals surface area contributed by atoms with Crippen molar-refractivity contribution in [2.75, 3.05) is 33.3 Å². The predicted molar refractivity (Wildman–Crippen MR) is 92.7 cm³/mol. The van der Waals surface area contributed by atoms with Crippen LogP contribution in [0.5, 0.6) is 5.75 Å². The van der Waals surface area contributed by atoms with E-state index in [9.17, 15) is 9.59 Å². The van der Waals surface area contributed by atoms with Gasteiger partial charge in [0, 0.05) is 37.1 Å². The summed E-state index contributed by atoms with van der Waals surface area (Å²) in [4.78, 5) is 28.8. The molecule has 0 unspecified atom stereocenters. The summed E-state index contributed by atoms with van der Waals surface area (Å²) in [7, 11) is 1.56. The molecule has 0 bridgehead atoms. The van der Waals surface area contributed by atoms with E-state index in [1.165, 1.54) is 0 Å². The van der Waals surface area contributed by atoms with Crippen molar-refractivity contribution >= 4 is 23.4 Å². The number of nitrogens with zero attached hydrogens (tertiary/aromatic N) is 2. The Morgan fingerprint density at radius 2 is 1.71 bits per heavy atom. The summed E-state index contributed by atoms with van der Waals surface area (Å²) in [5, 5.41) is 0.599. The number of ether oxygens (including phenoxy) is 1. The van der Waals surface area contributed by atoms with Crippen molar-refractivity contribution in [3.05, 3.63) is 27.8 Å². The average Bonchev–Trinajstić information content (AvgIpc) is 3.43. The largest absolute Gasteiger partial charge is 0.496 e. The predicted octanol–water partition coefficient (Wildman–Crippen LogP) is 2.66. The van der Waals surface area contributed by atoms with Crippen LogP contribution in [0.15, 0.2) is 6.07 Å². The first-order valence-electron chi connectivity index (χ1n) is 8.35. The zero-order chi connectivity index (χ0) is 17.4. The number of carbonyl (C=O) groups excluding carboxylic acids is 2. The van der Waals surface area contributed by atoms with E-state index < -0.39 is 0 Å². The highest BCUT2D eigenvalue weighted by atomic mass is 35.5. The van der Waals surface area contributed by atoms with Crippen LogP contribution in [0.25, 0.3) is 0 Å². The molecule has 1 aliphatic heterocycles. The monoisotopic (exact) mass is 350 g/mol. The molecule has 1 aliphatic carbocycles. The van der Waals surface area contributed by atoms with Crippen LogP contribution in [0.4, 0.5) is 0 Å². The van der Waals surface area contributed by atoms with Gasteiger partial charge in [0.15, 0.2) is 0 Å². The fourth-order valence-corrected chi connectivity index (χ4v) is 3.37. The van der Waals surface area contributed by atoms with Crippen LogP contribution >= 0.6 is 11.6 Å².